The van der Waals surface area contributed by atoms with E-state index in [1.165, 1.54) is 0 Å². The summed E-state index contributed by atoms with van der Waals surface area (Å²) in [5.74, 6) is -0.824. The topological polar surface area (TPSA) is 49.3 Å². The number of carboxylic acid groups (broad SMARTS) is 1. The number of carboxylic acids is 1. The average Bonchev–Trinajstić information content (AvgIpc) is 1.88. The van der Waals surface area contributed by atoms with Crippen LogP contribution >= 0.6 is 12.4 Å². The first-order chi connectivity index (χ1) is 4.70. The fraction of sp³-hybridized carbons (Fsp3) is 0.857. The second kappa shape index (κ2) is 4.57. The highest BCUT2D eigenvalue weighted by Gasteiger charge is 2.22. The van der Waals surface area contributed by atoms with E-state index in [0.717, 1.165) is 12.8 Å². The predicted molar refractivity (Wildman–Crippen MR) is 45.1 cm³/mol. The van der Waals surface area contributed by atoms with E-state index < -0.39 is 5.97 Å². The standard InChI is InChI=1S/C7H13NO2.ClH/c1-5-2-3-6(4-8-5)7(9)10;/h5-6,8H,2-4H2,1H3,(H,9,10);1H/t5-,6+;/m0./s1. The summed E-state index contributed by atoms with van der Waals surface area (Å²) in [6.45, 7) is 2.72. The number of rotatable bonds is 1. The molecule has 1 aliphatic heterocycles. The summed E-state index contributed by atoms with van der Waals surface area (Å²) < 4.78 is 0. The van der Waals surface area contributed by atoms with Crippen LogP contribution in [0.1, 0.15) is 19.8 Å². The van der Waals surface area contributed by atoms with Gasteiger partial charge in [-0.05, 0) is 19.8 Å². The smallest absolute Gasteiger partial charge is 0.307 e. The minimum absolute atomic E-state index is 0. The zero-order valence-electron chi connectivity index (χ0n) is 6.54. The minimum atomic E-state index is -0.667. The highest BCUT2D eigenvalue weighted by atomic mass is 35.5. The molecule has 0 spiro atoms. The van der Waals surface area contributed by atoms with Gasteiger partial charge in [0, 0.05) is 12.6 Å². The Morgan fingerprint density at radius 1 is 1.55 bits per heavy atom. The summed E-state index contributed by atoms with van der Waals surface area (Å²) in [5.41, 5.74) is 0. The van der Waals surface area contributed by atoms with E-state index in [4.69, 9.17) is 5.11 Å². The van der Waals surface area contributed by atoms with Gasteiger partial charge in [0.1, 0.15) is 0 Å². The molecule has 0 bridgehead atoms. The van der Waals surface area contributed by atoms with E-state index in [2.05, 4.69) is 12.2 Å². The highest BCUT2D eigenvalue weighted by Crippen LogP contribution is 2.13. The van der Waals surface area contributed by atoms with Gasteiger partial charge >= 0.3 is 5.97 Å². The molecule has 0 aromatic heterocycles. The molecule has 1 heterocycles. The Hall–Kier alpha value is -0.280. The van der Waals surface area contributed by atoms with Crippen LogP contribution in [0.15, 0.2) is 0 Å². The summed E-state index contributed by atoms with van der Waals surface area (Å²) >= 11 is 0. The van der Waals surface area contributed by atoms with Crippen molar-refractivity contribution < 1.29 is 9.90 Å². The maximum atomic E-state index is 10.4. The number of nitrogens with one attached hydrogen (secondary N) is 1. The number of halogens is 1. The van der Waals surface area contributed by atoms with Gasteiger partial charge in [0.05, 0.1) is 5.92 Å². The van der Waals surface area contributed by atoms with E-state index in [0.29, 0.717) is 12.6 Å². The molecular formula is C7H14ClNO2. The van der Waals surface area contributed by atoms with Crippen molar-refractivity contribution in [1.82, 2.24) is 5.32 Å². The second-order valence-electron chi connectivity index (χ2n) is 2.92. The van der Waals surface area contributed by atoms with Crippen molar-refractivity contribution >= 4 is 18.4 Å². The Labute approximate surface area is 72.6 Å². The van der Waals surface area contributed by atoms with Crippen LogP contribution in [0.4, 0.5) is 0 Å². The van der Waals surface area contributed by atoms with Gasteiger partial charge < -0.3 is 10.4 Å². The quantitative estimate of drug-likeness (QED) is 0.629. The molecule has 0 aromatic carbocycles. The maximum Gasteiger partial charge on any atom is 0.307 e. The molecule has 0 radical (unpaired) electrons. The van der Waals surface area contributed by atoms with Gasteiger partial charge in [0.15, 0.2) is 0 Å². The Morgan fingerprint density at radius 2 is 2.18 bits per heavy atom. The van der Waals surface area contributed by atoms with Crippen molar-refractivity contribution in [2.45, 2.75) is 25.8 Å². The number of hydrogen-bond donors (Lipinski definition) is 2. The van der Waals surface area contributed by atoms with Crippen molar-refractivity contribution in [2.75, 3.05) is 6.54 Å². The zero-order valence-corrected chi connectivity index (χ0v) is 7.36. The van der Waals surface area contributed by atoms with Crippen LogP contribution in [0.2, 0.25) is 0 Å². The van der Waals surface area contributed by atoms with Gasteiger partial charge in [-0.25, -0.2) is 0 Å². The van der Waals surface area contributed by atoms with Gasteiger partial charge in [-0.2, -0.15) is 0 Å². The van der Waals surface area contributed by atoms with Crippen molar-refractivity contribution in [3.8, 4) is 0 Å². The first-order valence-corrected chi connectivity index (χ1v) is 3.66. The molecule has 0 unspecified atom stereocenters. The fourth-order valence-corrected chi connectivity index (χ4v) is 1.21. The average molecular weight is 180 g/mol. The van der Waals surface area contributed by atoms with E-state index in [-0.39, 0.29) is 18.3 Å². The molecule has 3 nitrogen and oxygen atoms in total. The van der Waals surface area contributed by atoms with Gasteiger partial charge in [-0.15, -0.1) is 12.4 Å². The maximum absolute atomic E-state index is 10.4. The molecule has 0 aromatic rings. The lowest BCUT2D eigenvalue weighted by molar-refractivity contribution is -0.142. The number of carbonyl (C=O) groups is 1. The number of aliphatic carboxylic acids is 1. The lowest BCUT2D eigenvalue weighted by Crippen LogP contribution is -2.39. The molecule has 1 saturated heterocycles. The summed E-state index contributed by atoms with van der Waals surface area (Å²) in [6, 6.07) is 0.496. The summed E-state index contributed by atoms with van der Waals surface area (Å²) in [7, 11) is 0. The van der Waals surface area contributed by atoms with E-state index in [9.17, 15) is 4.79 Å². The number of hydrogen-bond acceptors (Lipinski definition) is 2. The number of piperidine rings is 1. The third-order valence-corrected chi connectivity index (χ3v) is 2.01. The first-order valence-electron chi connectivity index (χ1n) is 3.66. The van der Waals surface area contributed by atoms with Crippen molar-refractivity contribution in [1.29, 1.82) is 0 Å². The van der Waals surface area contributed by atoms with Gasteiger partial charge in [-0.1, -0.05) is 0 Å². The summed E-state index contributed by atoms with van der Waals surface area (Å²) in [4.78, 5) is 10.4. The van der Waals surface area contributed by atoms with E-state index in [1.54, 1.807) is 0 Å². The Balaban J connectivity index is 0.000001000. The molecule has 11 heavy (non-hydrogen) atoms. The largest absolute Gasteiger partial charge is 0.481 e. The lowest BCUT2D eigenvalue weighted by Gasteiger charge is -2.24. The molecular weight excluding hydrogens is 166 g/mol. The van der Waals surface area contributed by atoms with Crippen LogP contribution in [0, 0.1) is 5.92 Å². The molecule has 1 fully saturated rings. The molecule has 2 atom stereocenters. The molecule has 66 valence electrons. The molecule has 0 saturated carbocycles. The molecule has 1 aliphatic rings. The van der Waals surface area contributed by atoms with E-state index >= 15 is 0 Å². The minimum Gasteiger partial charge on any atom is -0.481 e. The zero-order chi connectivity index (χ0) is 7.56. The van der Waals surface area contributed by atoms with Crippen LogP contribution in [-0.2, 0) is 4.79 Å². The third-order valence-electron chi connectivity index (χ3n) is 2.01. The third kappa shape index (κ3) is 3.08. The van der Waals surface area contributed by atoms with E-state index in [1.807, 2.05) is 0 Å². The Morgan fingerprint density at radius 3 is 2.55 bits per heavy atom. The highest BCUT2D eigenvalue weighted by molar-refractivity contribution is 5.85. The SMILES string of the molecule is C[C@H]1CC[C@@H](C(=O)O)CN1.Cl. The van der Waals surface area contributed by atoms with Crippen LogP contribution in [0.5, 0.6) is 0 Å². The summed E-state index contributed by atoms with van der Waals surface area (Å²) in [6.07, 6.45) is 1.81. The van der Waals surface area contributed by atoms with Gasteiger partial charge in [0.2, 0.25) is 0 Å². The molecule has 2 N–H and O–H groups in total. The molecule has 0 aliphatic carbocycles. The van der Waals surface area contributed by atoms with Crippen molar-refractivity contribution in [2.24, 2.45) is 5.92 Å². The van der Waals surface area contributed by atoms with Crippen molar-refractivity contribution in [3.05, 3.63) is 0 Å². The van der Waals surface area contributed by atoms with Gasteiger partial charge in [-0.3, -0.25) is 4.79 Å². The summed E-state index contributed by atoms with van der Waals surface area (Å²) in [5, 5.41) is 11.7. The molecule has 4 heteroatoms. The first kappa shape index (κ1) is 10.7. The van der Waals surface area contributed by atoms with Crippen molar-refractivity contribution in [3.63, 3.8) is 0 Å². The fourth-order valence-electron chi connectivity index (χ4n) is 1.21. The Kier molecular flexibility index (Phi) is 4.45. The second-order valence-corrected chi connectivity index (χ2v) is 2.92. The molecule has 0 amide bonds. The van der Waals surface area contributed by atoms with Crippen LogP contribution < -0.4 is 5.32 Å². The lowest BCUT2D eigenvalue weighted by atomic mass is 9.96. The predicted octanol–water partition coefficient (Wildman–Crippen LogP) is 0.881. The molecule has 1 rings (SSSR count). The monoisotopic (exact) mass is 179 g/mol. The van der Waals surface area contributed by atoms with Crippen LogP contribution in [-0.4, -0.2) is 23.7 Å². The van der Waals surface area contributed by atoms with Crippen LogP contribution in [0.25, 0.3) is 0 Å². The Bertz CT molecular complexity index is 132. The van der Waals surface area contributed by atoms with Crippen LogP contribution in [0.3, 0.4) is 0 Å². The normalized spacial score (nSPS) is 30.6. The van der Waals surface area contributed by atoms with Gasteiger partial charge in [0.25, 0.3) is 0 Å².